The molecular formula is C26H37N3O5S. The highest BCUT2D eigenvalue weighted by Gasteiger charge is 2.27. The molecule has 0 fully saturated rings. The van der Waals surface area contributed by atoms with E-state index < -0.39 is 16.1 Å². The minimum absolute atomic E-state index is 0.0509. The molecule has 1 N–H and O–H groups in total. The van der Waals surface area contributed by atoms with E-state index in [4.69, 9.17) is 4.74 Å². The number of aryl methyl sites for hydroxylation is 1. The molecule has 0 heterocycles. The van der Waals surface area contributed by atoms with E-state index in [1.807, 2.05) is 45.0 Å². The second-order valence-corrected chi connectivity index (χ2v) is 10.9. The van der Waals surface area contributed by atoms with Gasteiger partial charge >= 0.3 is 0 Å². The zero-order valence-corrected chi connectivity index (χ0v) is 22.3. The molecule has 0 aliphatic carbocycles. The number of hydrogen-bond donors (Lipinski definition) is 1. The summed E-state index contributed by atoms with van der Waals surface area (Å²) in [6, 6.07) is 13.9. The van der Waals surface area contributed by atoms with Gasteiger partial charge in [-0.3, -0.25) is 13.9 Å². The fourth-order valence-electron chi connectivity index (χ4n) is 3.81. The van der Waals surface area contributed by atoms with E-state index in [2.05, 4.69) is 5.32 Å². The zero-order chi connectivity index (χ0) is 26.2. The predicted octanol–water partition coefficient (Wildman–Crippen LogP) is 3.49. The van der Waals surface area contributed by atoms with Crippen LogP contribution in [0.5, 0.6) is 5.75 Å². The Hall–Kier alpha value is -3.07. The standard InChI is InChI=1S/C26H37N3O5S/c1-19(2)27-26(31)21(4)28(18-22-12-9-11-20(3)17-22)25(30)15-10-16-29(35(6,32)33)23-13-7-8-14-24(23)34-5/h7-9,11-14,17,19,21H,10,15-16,18H2,1-6H3,(H,27,31)/t21-/m0/s1. The maximum Gasteiger partial charge on any atom is 0.242 e. The van der Waals surface area contributed by atoms with Crippen molar-refractivity contribution in [1.82, 2.24) is 10.2 Å². The summed E-state index contributed by atoms with van der Waals surface area (Å²) < 4.78 is 31.6. The van der Waals surface area contributed by atoms with Gasteiger partial charge in [-0.2, -0.15) is 0 Å². The maximum absolute atomic E-state index is 13.3. The van der Waals surface area contributed by atoms with Crippen LogP contribution in [0.3, 0.4) is 0 Å². The molecule has 0 radical (unpaired) electrons. The van der Waals surface area contributed by atoms with Crippen LogP contribution in [0.15, 0.2) is 48.5 Å². The van der Waals surface area contributed by atoms with Crippen LogP contribution in [0.2, 0.25) is 0 Å². The summed E-state index contributed by atoms with van der Waals surface area (Å²) in [5.41, 5.74) is 2.41. The van der Waals surface area contributed by atoms with Crippen molar-refractivity contribution in [3.8, 4) is 5.75 Å². The van der Waals surface area contributed by atoms with Crippen LogP contribution in [-0.4, -0.2) is 57.1 Å². The van der Waals surface area contributed by atoms with Crippen molar-refractivity contribution in [3.63, 3.8) is 0 Å². The number of sulfonamides is 1. The monoisotopic (exact) mass is 503 g/mol. The van der Waals surface area contributed by atoms with Gasteiger partial charge in [-0.15, -0.1) is 0 Å². The number of nitrogens with zero attached hydrogens (tertiary/aromatic N) is 2. The number of benzene rings is 2. The third-order valence-electron chi connectivity index (χ3n) is 5.54. The van der Waals surface area contributed by atoms with Crippen molar-refractivity contribution in [3.05, 3.63) is 59.7 Å². The largest absolute Gasteiger partial charge is 0.495 e. The predicted molar refractivity (Wildman–Crippen MR) is 139 cm³/mol. The number of hydrogen-bond acceptors (Lipinski definition) is 5. The van der Waals surface area contributed by atoms with E-state index in [1.54, 1.807) is 36.1 Å². The highest BCUT2D eigenvalue weighted by atomic mass is 32.2. The summed E-state index contributed by atoms with van der Waals surface area (Å²) in [6.45, 7) is 7.82. The molecule has 192 valence electrons. The Morgan fingerprint density at radius 1 is 1.06 bits per heavy atom. The molecule has 0 aliphatic heterocycles. The second kappa shape index (κ2) is 12.6. The molecule has 2 rings (SSSR count). The highest BCUT2D eigenvalue weighted by molar-refractivity contribution is 7.92. The lowest BCUT2D eigenvalue weighted by Crippen LogP contribution is -2.49. The van der Waals surface area contributed by atoms with Crippen molar-refractivity contribution in [2.75, 3.05) is 24.2 Å². The van der Waals surface area contributed by atoms with Gasteiger partial charge in [0, 0.05) is 25.6 Å². The van der Waals surface area contributed by atoms with Crippen LogP contribution < -0.4 is 14.4 Å². The first-order chi connectivity index (χ1) is 16.4. The van der Waals surface area contributed by atoms with Gasteiger partial charge in [0.25, 0.3) is 0 Å². The lowest BCUT2D eigenvalue weighted by Gasteiger charge is -2.30. The number of carbonyl (C=O) groups is 2. The van der Waals surface area contributed by atoms with Gasteiger partial charge in [-0.05, 0) is 51.8 Å². The van der Waals surface area contributed by atoms with Gasteiger partial charge in [0.15, 0.2) is 0 Å². The third kappa shape index (κ3) is 8.28. The van der Waals surface area contributed by atoms with E-state index >= 15 is 0 Å². The summed E-state index contributed by atoms with van der Waals surface area (Å²) in [5, 5.41) is 2.87. The average molecular weight is 504 g/mol. The van der Waals surface area contributed by atoms with Crippen LogP contribution in [0, 0.1) is 6.92 Å². The molecule has 2 amide bonds. The first kappa shape index (κ1) is 28.2. The number of ether oxygens (including phenoxy) is 1. The molecule has 0 unspecified atom stereocenters. The zero-order valence-electron chi connectivity index (χ0n) is 21.4. The Labute approximate surface area is 209 Å². The van der Waals surface area contributed by atoms with Crippen LogP contribution in [-0.2, 0) is 26.2 Å². The van der Waals surface area contributed by atoms with E-state index in [0.717, 1.165) is 17.4 Å². The fraction of sp³-hybridized carbons (Fsp3) is 0.462. The molecule has 0 saturated carbocycles. The van der Waals surface area contributed by atoms with Crippen LogP contribution >= 0.6 is 0 Å². The van der Waals surface area contributed by atoms with Crippen LogP contribution in [0.1, 0.15) is 44.7 Å². The number of anilines is 1. The number of rotatable bonds is 12. The molecule has 8 nitrogen and oxygen atoms in total. The first-order valence-electron chi connectivity index (χ1n) is 11.7. The molecule has 0 spiro atoms. The van der Waals surface area contributed by atoms with Gasteiger partial charge in [-0.25, -0.2) is 8.42 Å². The van der Waals surface area contributed by atoms with Crippen molar-refractivity contribution < 1.29 is 22.7 Å². The Kier molecular flexibility index (Phi) is 10.1. The van der Waals surface area contributed by atoms with E-state index in [0.29, 0.717) is 11.4 Å². The molecule has 2 aromatic carbocycles. The normalized spacial score (nSPS) is 12.2. The number of amides is 2. The molecular weight excluding hydrogens is 466 g/mol. The molecule has 0 saturated heterocycles. The second-order valence-electron chi connectivity index (χ2n) is 8.96. The number of para-hydroxylation sites is 2. The Balaban J connectivity index is 2.20. The SMILES string of the molecule is COc1ccccc1N(CCCC(=O)N(Cc1cccc(C)c1)[C@@H](C)C(=O)NC(C)C)S(C)(=O)=O. The summed E-state index contributed by atoms with van der Waals surface area (Å²) in [6.07, 6.45) is 1.50. The molecule has 0 aliphatic rings. The number of carbonyl (C=O) groups excluding carboxylic acids is 2. The van der Waals surface area contributed by atoms with E-state index in [9.17, 15) is 18.0 Å². The van der Waals surface area contributed by atoms with Crippen LogP contribution in [0.25, 0.3) is 0 Å². The molecule has 2 aromatic rings. The van der Waals surface area contributed by atoms with Gasteiger partial charge in [0.05, 0.1) is 19.1 Å². The lowest BCUT2D eigenvalue weighted by atomic mass is 10.1. The highest BCUT2D eigenvalue weighted by Crippen LogP contribution is 2.29. The average Bonchev–Trinajstić information content (AvgIpc) is 2.78. The quantitative estimate of drug-likeness (QED) is 0.478. The van der Waals surface area contributed by atoms with E-state index in [1.165, 1.54) is 11.4 Å². The Morgan fingerprint density at radius 3 is 2.34 bits per heavy atom. The summed E-state index contributed by atoms with van der Waals surface area (Å²) >= 11 is 0. The Bertz CT molecular complexity index is 1120. The minimum Gasteiger partial charge on any atom is -0.495 e. The van der Waals surface area contributed by atoms with Gasteiger partial charge in [-0.1, -0.05) is 42.0 Å². The van der Waals surface area contributed by atoms with E-state index in [-0.39, 0.29) is 43.8 Å². The molecule has 1 atom stereocenters. The lowest BCUT2D eigenvalue weighted by molar-refractivity contribution is -0.140. The molecule has 0 aromatic heterocycles. The molecule has 0 bridgehead atoms. The van der Waals surface area contributed by atoms with Crippen molar-refractivity contribution in [2.45, 2.75) is 59.2 Å². The maximum atomic E-state index is 13.3. The molecule has 35 heavy (non-hydrogen) atoms. The topological polar surface area (TPSA) is 96.0 Å². The number of nitrogens with one attached hydrogen (secondary N) is 1. The van der Waals surface area contributed by atoms with Gasteiger partial charge in [0.1, 0.15) is 11.8 Å². The molecule has 9 heteroatoms. The summed E-state index contributed by atoms with van der Waals surface area (Å²) in [4.78, 5) is 27.6. The van der Waals surface area contributed by atoms with Crippen molar-refractivity contribution in [2.24, 2.45) is 0 Å². The van der Waals surface area contributed by atoms with Crippen molar-refractivity contribution in [1.29, 1.82) is 0 Å². The fourth-order valence-corrected chi connectivity index (χ4v) is 4.78. The van der Waals surface area contributed by atoms with Gasteiger partial charge < -0.3 is 15.0 Å². The Morgan fingerprint density at radius 2 is 1.74 bits per heavy atom. The van der Waals surface area contributed by atoms with Gasteiger partial charge in [0.2, 0.25) is 21.8 Å². The van der Waals surface area contributed by atoms with Crippen LogP contribution in [0.4, 0.5) is 5.69 Å². The first-order valence-corrected chi connectivity index (χ1v) is 13.5. The van der Waals surface area contributed by atoms with Crippen molar-refractivity contribution >= 4 is 27.5 Å². The summed E-state index contributed by atoms with van der Waals surface area (Å²) in [5.74, 6) is -0.0107. The third-order valence-corrected chi connectivity index (χ3v) is 6.72. The minimum atomic E-state index is -3.60. The summed E-state index contributed by atoms with van der Waals surface area (Å²) in [7, 11) is -2.12. The number of methoxy groups -OCH3 is 1. The smallest absolute Gasteiger partial charge is 0.242 e.